The minimum atomic E-state index is -0.144. The number of likely N-dealkylation sites (N-methyl/N-ethyl adjacent to an activating group) is 1. The Bertz CT molecular complexity index is 199. The molecule has 0 rings (SSSR count). The second kappa shape index (κ2) is 5.12. The van der Waals surface area contributed by atoms with Crippen molar-refractivity contribution >= 4 is 11.6 Å². The Morgan fingerprint density at radius 2 is 1.69 bits per heavy atom. The highest BCUT2D eigenvalue weighted by molar-refractivity contribution is 5.89. The molecule has 0 saturated heterocycles. The Morgan fingerprint density at radius 1 is 1.23 bits per heavy atom. The van der Waals surface area contributed by atoms with Crippen LogP contribution in [0.3, 0.4) is 0 Å². The lowest BCUT2D eigenvalue weighted by Gasteiger charge is -2.19. The van der Waals surface area contributed by atoms with Crippen LogP contribution < -0.4 is 0 Å². The molecule has 2 atom stereocenters. The third-order valence-electron chi connectivity index (χ3n) is 2.44. The molecule has 76 valence electrons. The van der Waals surface area contributed by atoms with Crippen molar-refractivity contribution in [3.63, 3.8) is 0 Å². The van der Waals surface area contributed by atoms with E-state index in [1.54, 1.807) is 6.92 Å². The second-order valence-electron chi connectivity index (χ2n) is 3.82. The molecule has 0 fully saturated rings. The summed E-state index contributed by atoms with van der Waals surface area (Å²) in [5.74, 6) is 0.0712. The van der Waals surface area contributed by atoms with E-state index in [1.165, 1.54) is 6.92 Å². The van der Waals surface area contributed by atoms with Crippen molar-refractivity contribution in [3.05, 3.63) is 0 Å². The number of hydrogen-bond acceptors (Lipinski definition) is 3. The van der Waals surface area contributed by atoms with Gasteiger partial charge in [0.2, 0.25) is 0 Å². The van der Waals surface area contributed by atoms with Gasteiger partial charge in [-0.15, -0.1) is 0 Å². The van der Waals surface area contributed by atoms with E-state index in [0.29, 0.717) is 6.42 Å². The first-order valence-corrected chi connectivity index (χ1v) is 4.55. The van der Waals surface area contributed by atoms with Crippen molar-refractivity contribution in [2.24, 2.45) is 5.92 Å². The van der Waals surface area contributed by atoms with E-state index >= 15 is 0 Å². The molecule has 0 aliphatic heterocycles. The Hall–Kier alpha value is -0.700. The fourth-order valence-corrected chi connectivity index (χ4v) is 0.904. The van der Waals surface area contributed by atoms with Gasteiger partial charge < -0.3 is 0 Å². The molecular formula is C10H19NO2. The maximum atomic E-state index is 11.5. The molecule has 3 nitrogen and oxygen atoms in total. The maximum absolute atomic E-state index is 11.5. The first-order valence-electron chi connectivity index (χ1n) is 4.55. The number of Topliss-reactive ketones (excluding diaryl/α,β-unsaturated/α-hetero) is 2. The van der Waals surface area contributed by atoms with Gasteiger partial charge in [-0.3, -0.25) is 14.5 Å². The molecular weight excluding hydrogens is 166 g/mol. The monoisotopic (exact) mass is 185 g/mol. The van der Waals surface area contributed by atoms with Crippen LogP contribution in [-0.4, -0.2) is 36.6 Å². The van der Waals surface area contributed by atoms with Crippen molar-refractivity contribution in [1.29, 1.82) is 0 Å². The van der Waals surface area contributed by atoms with Crippen LogP contribution in [0.15, 0.2) is 0 Å². The lowest BCUT2D eigenvalue weighted by atomic mass is 9.97. The van der Waals surface area contributed by atoms with Crippen molar-refractivity contribution in [2.75, 3.05) is 14.1 Å². The van der Waals surface area contributed by atoms with Crippen LogP contribution in [-0.2, 0) is 9.59 Å². The van der Waals surface area contributed by atoms with Gasteiger partial charge in [0.05, 0.1) is 6.04 Å². The molecule has 0 spiro atoms. The summed E-state index contributed by atoms with van der Waals surface area (Å²) in [5.41, 5.74) is 0. The molecule has 0 aliphatic rings. The highest BCUT2D eigenvalue weighted by Gasteiger charge is 2.19. The van der Waals surface area contributed by atoms with Crippen LogP contribution in [0.1, 0.15) is 27.2 Å². The van der Waals surface area contributed by atoms with E-state index in [4.69, 9.17) is 0 Å². The number of nitrogens with zero attached hydrogens (tertiary/aromatic N) is 1. The number of hydrogen-bond donors (Lipinski definition) is 0. The Morgan fingerprint density at radius 3 is 2.00 bits per heavy atom. The molecule has 0 aromatic carbocycles. The van der Waals surface area contributed by atoms with E-state index in [9.17, 15) is 9.59 Å². The summed E-state index contributed by atoms with van der Waals surface area (Å²) in [6, 6.07) is -0.0956. The van der Waals surface area contributed by atoms with Crippen LogP contribution in [0.4, 0.5) is 0 Å². The maximum Gasteiger partial charge on any atom is 0.150 e. The molecule has 0 heterocycles. The van der Waals surface area contributed by atoms with Gasteiger partial charge in [0.1, 0.15) is 11.6 Å². The summed E-state index contributed by atoms with van der Waals surface area (Å²) in [5, 5.41) is 0. The van der Waals surface area contributed by atoms with Gasteiger partial charge in [-0.1, -0.05) is 6.92 Å². The van der Waals surface area contributed by atoms with Gasteiger partial charge >= 0.3 is 0 Å². The largest absolute Gasteiger partial charge is 0.300 e. The molecule has 0 aromatic rings. The van der Waals surface area contributed by atoms with Gasteiger partial charge in [0.15, 0.2) is 0 Å². The van der Waals surface area contributed by atoms with Crippen molar-refractivity contribution in [1.82, 2.24) is 4.90 Å². The molecule has 3 heteroatoms. The first-order chi connectivity index (χ1) is 5.86. The molecule has 0 aliphatic carbocycles. The predicted octanol–water partition coefficient (Wildman–Crippen LogP) is 1.12. The average molecular weight is 185 g/mol. The van der Waals surface area contributed by atoms with Crippen LogP contribution >= 0.6 is 0 Å². The molecule has 0 saturated carbocycles. The number of carbonyl (C=O) groups excluding carboxylic acids is 2. The normalized spacial score (nSPS) is 15.5. The number of ketones is 2. The minimum Gasteiger partial charge on any atom is -0.300 e. The zero-order valence-corrected chi connectivity index (χ0v) is 9.13. The highest BCUT2D eigenvalue weighted by Crippen LogP contribution is 2.07. The Balaban J connectivity index is 4.08. The fourth-order valence-electron chi connectivity index (χ4n) is 0.904. The Labute approximate surface area is 80.1 Å². The van der Waals surface area contributed by atoms with E-state index in [-0.39, 0.29) is 23.5 Å². The van der Waals surface area contributed by atoms with Crippen LogP contribution in [0.5, 0.6) is 0 Å². The smallest absolute Gasteiger partial charge is 0.150 e. The summed E-state index contributed by atoms with van der Waals surface area (Å²) in [6.45, 7) is 5.18. The Kier molecular flexibility index (Phi) is 4.85. The van der Waals surface area contributed by atoms with Crippen molar-refractivity contribution in [2.45, 2.75) is 33.2 Å². The molecule has 0 bridgehead atoms. The van der Waals surface area contributed by atoms with Crippen molar-refractivity contribution < 1.29 is 9.59 Å². The number of carbonyl (C=O) groups is 2. The molecule has 0 N–H and O–H groups in total. The van der Waals surface area contributed by atoms with E-state index in [2.05, 4.69) is 0 Å². The molecule has 0 radical (unpaired) electrons. The fraction of sp³-hybridized carbons (Fsp3) is 0.800. The summed E-state index contributed by atoms with van der Waals surface area (Å²) < 4.78 is 0. The lowest BCUT2D eigenvalue weighted by Crippen LogP contribution is -2.34. The van der Waals surface area contributed by atoms with E-state index < -0.39 is 0 Å². The van der Waals surface area contributed by atoms with Crippen molar-refractivity contribution in [3.8, 4) is 0 Å². The minimum absolute atomic E-state index is 0.0827. The predicted molar refractivity (Wildman–Crippen MR) is 52.6 cm³/mol. The van der Waals surface area contributed by atoms with Crippen LogP contribution in [0.2, 0.25) is 0 Å². The first kappa shape index (κ1) is 12.3. The van der Waals surface area contributed by atoms with Gasteiger partial charge in [-0.05, 0) is 27.9 Å². The van der Waals surface area contributed by atoms with Gasteiger partial charge in [-0.2, -0.15) is 0 Å². The van der Waals surface area contributed by atoms with Gasteiger partial charge in [-0.25, -0.2) is 0 Å². The highest BCUT2D eigenvalue weighted by atomic mass is 16.1. The third kappa shape index (κ3) is 4.18. The molecule has 0 aromatic heterocycles. The van der Waals surface area contributed by atoms with E-state index in [1.807, 2.05) is 25.9 Å². The number of rotatable bonds is 5. The lowest BCUT2D eigenvalue weighted by molar-refractivity contribution is -0.128. The summed E-state index contributed by atoms with van der Waals surface area (Å²) in [6.07, 6.45) is 0.356. The molecule has 13 heavy (non-hydrogen) atoms. The summed E-state index contributed by atoms with van der Waals surface area (Å²) in [4.78, 5) is 24.3. The topological polar surface area (TPSA) is 37.4 Å². The summed E-state index contributed by atoms with van der Waals surface area (Å²) in [7, 11) is 3.72. The zero-order valence-electron chi connectivity index (χ0n) is 9.13. The average Bonchev–Trinajstić information content (AvgIpc) is 2.02. The molecule has 2 unspecified atom stereocenters. The zero-order chi connectivity index (χ0) is 10.6. The van der Waals surface area contributed by atoms with E-state index in [0.717, 1.165) is 0 Å². The van der Waals surface area contributed by atoms with Crippen LogP contribution in [0.25, 0.3) is 0 Å². The van der Waals surface area contributed by atoms with Gasteiger partial charge in [0.25, 0.3) is 0 Å². The third-order valence-corrected chi connectivity index (χ3v) is 2.44. The summed E-state index contributed by atoms with van der Waals surface area (Å²) >= 11 is 0. The standard InChI is InChI=1S/C10H19NO2/c1-7(9(3)12)6-10(13)8(2)11(4)5/h7-8H,6H2,1-5H3. The SMILES string of the molecule is CC(=O)C(C)CC(=O)C(C)N(C)C. The van der Waals surface area contributed by atoms with Gasteiger partial charge in [0, 0.05) is 12.3 Å². The quantitative estimate of drug-likeness (QED) is 0.644. The van der Waals surface area contributed by atoms with Crippen LogP contribution in [0, 0.1) is 5.92 Å². The second-order valence-corrected chi connectivity index (χ2v) is 3.82. The molecule has 0 amide bonds.